The third-order valence-corrected chi connectivity index (χ3v) is 7.58. The molecule has 0 aliphatic heterocycles. The second-order valence-electron chi connectivity index (χ2n) is 9.64. The zero-order valence-electron chi connectivity index (χ0n) is 23.4. The van der Waals surface area contributed by atoms with Gasteiger partial charge in [0.25, 0.3) is 11.8 Å². The molecule has 2 amide bonds. The molecule has 0 fully saturated rings. The number of carbonyl (C=O) groups is 2. The number of hydrogen-bond donors (Lipinski definition) is 3. The lowest BCUT2D eigenvalue weighted by Gasteiger charge is -2.12. The number of nitrogens with one attached hydrogen (secondary N) is 3. The van der Waals surface area contributed by atoms with Crippen LogP contribution in [0.15, 0.2) is 106 Å². The number of para-hydroxylation sites is 1. The van der Waals surface area contributed by atoms with Crippen molar-refractivity contribution in [3.8, 4) is 17.0 Å². The van der Waals surface area contributed by atoms with Gasteiger partial charge in [0.05, 0.1) is 11.9 Å². The van der Waals surface area contributed by atoms with Crippen LogP contribution in [0.3, 0.4) is 0 Å². The number of halogens is 1. The summed E-state index contributed by atoms with van der Waals surface area (Å²) in [5, 5.41) is 13.0. The first-order chi connectivity index (χ1) is 20.8. The van der Waals surface area contributed by atoms with Crippen molar-refractivity contribution in [1.82, 2.24) is 10.4 Å². The Labute approximate surface area is 262 Å². The van der Waals surface area contributed by atoms with Crippen molar-refractivity contribution >= 4 is 61.8 Å². The number of nitrogens with zero attached hydrogens (tertiary/aromatic N) is 2. The Bertz CT molecular complexity index is 1770. The fourth-order valence-corrected chi connectivity index (χ4v) is 5.28. The first-order valence-corrected chi connectivity index (χ1v) is 15.0. The predicted octanol–water partition coefficient (Wildman–Crippen LogP) is 7.71. The lowest BCUT2D eigenvalue weighted by Crippen LogP contribution is -2.21. The van der Waals surface area contributed by atoms with Crippen molar-refractivity contribution in [3.05, 3.63) is 123 Å². The van der Waals surface area contributed by atoms with Crippen molar-refractivity contribution in [1.29, 1.82) is 0 Å². The first kappa shape index (κ1) is 29.7. The van der Waals surface area contributed by atoms with E-state index in [4.69, 9.17) is 4.74 Å². The summed E-state index contributed by atoms with van der Waals surface area (Å²) in [6.45, 7) is 3.76. The number of hydrazone groups is 1. The number of hydrogen-bond acceptors (Lipinski definition) is 7. The summed E-state index contributed by atoms with van der Waals surface area (Å²) in [7, 11) is 0. The Hall–Kier alpha value is -4.80. The van der Waals surface area contributed by atoms with Gasteiger partial charge in [0.15, 0.2) is 11.7 Å². The van der Waals surface area contributed by atoms with Gasteiger partial charge in [-0.25, -0.2) is 10.4 Å². The molecule has 0 spiro atoms. The molecule has 0 aliphatic rings. The van der Waals surface area contributed by atoms with Gasteiger partial charge in [-0.05, 0) is 67.9 Å². The molecule has 0 saturated heterocycles. The molecule has 0 aliphatic carbocycles. The molecular formula is C33H28BrN5O3S. The quantitative estimate of drug-likeness (QED) is 0.106. The number of aromatic nitrogens is 1. The summed E-state index contributed by atoms with van der Waals surface area (Å²) < 4.78 is 6.57. The van der Waals surface area contributed by atoms with E-state index in [0.717, 1.165) is 43.4 Å². The highest BCUT2D eigenvalue weighted by molar-refractivity contribution is 9.10. The van der Waals surface area contributed by atoms with Crippen molar-refractivity contribution in [3.63, 3.8) is 0 Å². The molecule has 43 heavy (non-hydrogen) atoms. The number of amides is 2. The number of rotatable bonds is 10. The third-order valence-electron chi connectivity index (χ3n) is 6.33. The normalized spacial score (nSPS) is 10.9. The Morgan fingerprint density at radius 1 is 0.977 bits per heavy atom. The fraction of sp³-hybridized carbons (Fsp3) is 0.0909. The zero-order valence-corrected chi connectivity index (χ0v) is 25.8. The third kappa shape index (κ3) is 8.15. The van der Waals surface area contributed by atoms with Crippen molar-refractivity contribution in [2.75, 3.05) is 17.2 Å². The van der Waals surface area contributed by atoms with E-state index in [-0.39, 0.29) is 18.4 Å². The topological polar surface area (TPSA) is 105 Å². The molecule has 8 nitrogen and oxygen atoms in total. The molecule has 3 N–H and O–H groups in total. The van der Waals surface area contributed by atoms with Crippen LogP contribution in [0, 0.1) is 13.8 Å². The largest absolute Gasteiger partial charge is 0.483 e. The number of aryl methyl sites for hydroxylation is 2. The summed E-state index contributed by atoms with van der Waals surface area (Å²) >= 11 is 4.95. The summed E-state index contributed by atoms with van der Waals surface area (Å²) in [6.07, 6.45) is 1.48. The van der Waals surface area contributed by atoms with Gasteiger partial charge in [-0.15, -0.1) is 11.3 Å². The maximum atomic E-state index is 12.7. The fourth-order valence-electron chi connectivity index (χ4n) is 4.16. The van der Waals surface area contributed by atoms with Crippen molar-refractivity contribution in [2.24, 2.45) is 5.10 Å². The molecular weight excluding hydrogens is 626 g/mol. The lowest BCUT2D eigenvalue weighted by atomic mass is 10.1. The van der Waals surface area contributed by atoms with Gasteiger partial charge in [-0.1, -0.05) is 64.0 Å². The van der Waals surface area contributed by atoms with E-state index in [1.807, 2.05) is 79.9 Å². The monoisotopic (exact) mass is 653 g/mol. The molecule has 0 saturated carbocycles. The van der Waals surface area contributed by atoms with E-state index >= 15 is 0 Å². The average molecular weight is 655 g/mol. The van der Waals surface area contributed by atoms with Gasteiger partial charge in [0.2, 0.25) is 0 Å². The molecule has 0 radical (unpaired) electrons. The van der Waals surface area contributed by atoms with Crippen LogP contribution in [-0.2, 0) is 4.79 Å². The Balaban J connectivity index is 1.17. The second-order valence-corrected chi connectivity index (χ2v) is 11.4. The molecule has 1 aromatic heterocycles. The van der Waals surface area contributed by atoms with Crippen molar-refractivity contribution < 1.29 is 14.3 Å². The van der Waals surface area contributed by atoms with E-state index in [9.17, 15) is 9.59 Å². The summed E-state index contributed by atoms with van der Waals surface area (Å²) in [4.78, 5) is 29.9. The van der Waals surface area contributed by atoms with E-state index in [0.29, 0.717) is 16.9 Å². The SMILES string of the molecule is Cc1ccc(NC(=O)COc2ccc(Br)cc2/C=N/NC(=O)c2ccc(-c3csc(Nc4ccccc4)n3)cc2)c(C)c1. The maximum Gasteiger partial charge on any atom is 0.271 e. The van der Waals surface area contributed by atoms with Crippen LogP contribution < -0.4 is 20.8 Å². The number of benzene rings is 4. The van der Waals surface area contributed by atoms with E-state index in [1.165, 1.54) is 17.6 Å². The van der Waals surface area contributed by atoms with Gasteiger partial charge in [-0.2, -0.15) is 5.10 Å². The van der Waals surface area contributed by atoms with Gasteiger partial charge in [0.1, 0.15) is 5.75 Å². The van der Waals surface area contributed by atoms with Gasteiger partial charge < -0.3 is 15.4 Å². The zero-order chi connectivity index (χ0) is 30.2. The minimum Gasteiger partial charge on any atom is -0.483 e. The van der Waals surface area contributed by atoms with Crippen LogP contribution in [0.25, 0.3) is 11.3 Å². The molecule has 216 valence electrons. The highest BCUT2D eigenvalue weighted by atomic mass is 79.9. The van der Waals surface area contributed by atoms with Crippen molar-refractivity contribution in [2.45, 2.75) is 13.8 Å². The molecule has 0 unspecified atom stereocenters. The Morgan fingerprint density at radius 3 is 2.53 bits per heavy atom. The smallest absolute Gasteiger partial charge is 0.271 e. The van der Waals surface area contributed by atoms with Gasteiger partial charge >= 0.3 is 0 Å². The number of anilines is 3. The van der Waals surface area contributed by atoms with Gasteiger partial charge in [-0.3, -0.25) is 9.59 Å². The summed E-state index contributed by atoms with van der Waals surface area (Å²) in [5.74, 6) is -0.195. The van der Waals surface area contributed by atoms with Crippen LogP contribution in [0.2, 0.25) is 0 Å². The second kappa shape index (κ2) is 13.9. The number of carbonyl (C=O) groups excluding carboxylic acids is 2. The molecule has 0 atom stereocenters. The Kier molecular flexibility index (Phi) is 9.60. The van der Waals surface area contributed by atoms with Crippen LogP contribution in [0.1, 0.15) is 27.0 Å². The Morgan fingerprint density at radius 2 is 1.77 bits per heavy atom. The number of ether oxygens (including phenoxy) is 1. The molecule has 1 heterocycles. The lowest BCUT2D eigenvalue weighted by molar-refractivity contribution is -0.118. The van der Waals surface area contributed by atoms with Crippen LogP contribution in [-0.4, -0.2) is 29.6 Å². The van der Waals surface area contributed by atoms with Crippen LogP contribution in [0.5, 0.6) is 5.75 Å². The maximum absolute atomic E-state index is 12.7. The molecule has 5 rings (SSSR count). The van der Waals surface area contributed by atoms with E-state index < -0.39 is 0 Å². The standard InChI is InChI=1S/C33H28BrN5O3S/c1-21-8-14-28(22(2)16-21)37-31(40)19-42-30-15-13-26(34)17-25(30)18-35-39-32(41)24-11-9-23(10-12-24)29-20-43-33(38-29)36-27-6-4-3-5-7-27/h3-18,20H,19H2,1-2H3,(H,36,38)(H,37,40)(H,39,41)/b35-18+. The molecule has 10 heteroatoms. The van der Waals surface area contributed by atoms with Gasteiger partial charge in [0, 0.05) is 37.9 Å². The first-order valence-electron chi connectivity index (χ1n) is 13.3. The van der Waals surface area contributed by atoms with E-state index in [2.05, 4.69) is 42.1 Å². The average Bonchev–Trinajstić information content (AvgIpc) is 3.47. The van der Waals surface area contributed by atoms with Crippen LogP contribution >= 0.6 is 27.3 Å². The molecule has 5 aromatic rings. The predicted molar refractivity (Wildman–Crippen MR) is 177 cm³/mol. The highest BCUT2D eigenvalue weighted by Crippen LogP contribution is 2.27. The van der Waals surface area contributed by atoms with E-state index in [1.54, 1.807) is 30.3 Å². The molecule has 4 aromatic carbocycles. The van der Waals surface area contributed by atoms with Crippen LogP contribution in [0.4, 0.5) is 16.5 Å². The highest BCUT2D eigenvalue weighted by Gasteiger charge is 2.11. The minimum absolute atomic E-state index is 0.183. The molecule has 0 bridgehead atoms. The number of thiazole rings is 1. The minimum atomic E-state index is -0.363. The summed E-state index contributed by atoms with van der Waals surface area (Å²) in [6, 6.07) is 28.1. The summed E-state index contributed by atoms with van der Waals surface area (Å²) in [5.41, 5.74) is 9.11.